The molecule has 2 aliphatic rings. The molecule has 1 nitrogen and oxygen atoms in total. The molecule has 3 atom stereocenters. The summed E-state index contributed by atoms with van der Waals surface area (Å²) in [6.07, 6.45) is 9.52. The van der Waals surface area contributed by atoms with E-state index < -0.39 is 0 Å². The number of rotatable bonds is 2. The first-order valence-electron chi connectivity index (χ1n) is 5.96. The van der Waals surface area contributed by atoms with Gasteiger partial charge in [-0.05, 0) is 43.6 Å². The van der Waals surface area contributed by atoms with Crippen LogP contribution in [0.4, 0.5) is 0 Å². The lowest BCUT2D eigenvalue weighted by Gasteiger charge is -2.29. The van der Waals surface area contributed by atoms with Gasteiger partial charge in [0.2, 0.25) is 0 Å². The van der Waals surface area contributed by atoms with E-state index in [1.165, 1.54) is 11.1 Å². The maximum absolute atomic E-state index is 9.04. The molecule has 0 fully saturated rings. The van der Waals surface area contributed by atoms with Crippen molar-refractivity contribution in [2.45, 2.75) is 42.9 Å². The van der Waals surface area contributed by atoms with Gasteiger partial charge in [0.05, 0.1) is 17.4 Å². The van der Waals surface area contributed by atoms with E-state index in [1.54, 1.807) is 0 Å². The Kier molecular flexibility index (Phi) is 4.34. The van der Waals surface area contributed by atoms with Gasteiger partial charge >= 0.3 is 0 Å². The molecule has 3 heteroatoms. The van der Waals surface area contributed by atoms with Gasteiger partial charge in [0.25, 0.3) is 0 Å². The van der Waals surface area contributed by atoms with Crippen LogP contribution in [0.25, 0.3) is 0 Å². The smallest absolute Gasteiger partial charge is 0.0641 e. The Labute approximate surface area is 107 Å². The van der Waals surface area contributed by atoms with Crippen LogP contribution in [0.3, 0.4) is 0 Å². The molecule has 2 aliphatic carbocycles. The van der Waals surface area contributed by atoms with E-state index in [9.17, 15) is 0 Å². The molecule has 0 aromatic rings. The molecule has 0 spiro atoms. The highest BCUT2D eigenvalue weighted by Crippen LogP contribution is 2.36. The average molecular weight is 261 g/mol. The predicted octanol–water partition coefficient (Wildman–Crippen LogP) is 3.64. The maximum atomic E-state index is 9.04. The Morgan fingerprint density at radius 1 is 1.19 bits per heavy atom. The van der Waals surface area contributed by atoms with Crippen molar-refractivity contribution in [2.24, 2.45) is 5.92 Å². The summed E-state index contributed by atoms with van der Waals surface area (Å²) in [5.74, 6) is 0.626. The van der Waals surface area contributed by atoms with Crippen LogP contribution in [0.1, 0.15) is 32.1 Å². The van der Waals surface area contributed by atoms with Crippen molar-refractivity contribution in [3.8, 4) is 0 Å². The van der Waals surface area contributed by atoms with Crippen molar-refractivity contribution >= 4 is 23.2 Å². The summed E-state index contributed by atoms with van der Waals surface area (Å²) >= 11 is 12.3. The second-order valence-electron chi connectivity index (χ2n) is 4.74. The average Bonchev–Trinajstić information content (AvgIpc) is 2.33. The monoisotopic (exact) mass is 260 g/mol. The lowest BCUT2D eigenvalue weighted by molar-refractivity contribution is 0.318. The highest BCUT2D eigenvalue weighted by Gasteiger charge is 2.26. The predicted molar refractivity (Wildman–Crippen MR) is 69.1 cm³/mol. The first kappa shape index (κ1) is 12.5. The van der Waals surface area contributed by atoms with Gasteiger partial charge in [0.1, 0.15) is 0 Å². The lowest BCUT2D eigenvalue weighted by atomic mass is 9.80. The van der Waals surface area contributed by atoms with Crippen LogP contribution in [-0.4, -0.2) is 22.5 Å². The summed E-state index contributed by atoms with van der Waals surface area (Å²) in [6, 6.07) is 0. The van der Waals surface area contributed by atoms with Crippen molar-refractivity contribution < 1.29 is 5.11 Å². The number of aliphatic hydroxyl groups excluding tert-OH is 1. The molecule has 0 heterocycles. The number of hydrogen-bond acceptors (Lipinski definition) is 1. The third-order valence-electron chi connectivity index (χ3n) is 3.66. The zero-order valence-corrected chi connectivity index (χ0v) is 10.8. The summed E-state index contributed by atoms with van der Waals surface area (Å²) in [4.78, 5) is 0. The normalized spacial score (nSPS) is 35.6. The molecule has 0 aliphatic heterocycles. The summed E-state index contributed by atoms with van der Waals surface area (Å²) in [6.45, 7) is 0.216. The highest BCUT2D eigenvalue weighted by atomic mass is 35.5. The van der Waals surface area contributed by atoms with Crippen molar-refractivity contribution in [3.63, 3.8) is 0 Å². The molecule has 0 aromatic heterocycles. The van der Waals surface area contributed by atoms with Crippen molar-refractivity contribution in [2.75, 3.05) is 6.61 Å². The molecule has 0 aromatic carbocycles. The molecule has 16 heavy (non-hydrogen) atoms. The van der Waals surface area contributed by atoms with Crippen molar-refractivity contribution in [1.82, 2.24) is 0 Å². The van der Waals surface area contributed by atoms with E-state index in [1.807, 2.05) is 0 Å². The van der Waals surface area contributed by atoms with Crippen LogP contribution < -0.4 is 0 Å². The lowest BCUT2D eigenvalue weighted by Crippen LogP contribution is -2.23. The van der Waals surface area contributed by atoms with Gasteiger partial charge < -0.3 is 5.11 Å². The van der Waals surface area contributed by atoms with Crippen LogP contribution in [0, 0.1) is 5.92 Å². The minimum Gasteiger partial charge on any atom is -0.392 e. The molecule has 0 saturated heterocycles. The molecule has 1 N–H and O–H groups in total. The van der Waals surface area contributed by atoms with E-state index in [-0.39, 0.29) is 17.4 Å². The standard InChI is InChI=1S/C13H18Cl2O/c14-12-6-5-11(7-13(12)15)10-3-1-9(8-16)2-4-10/h1,5,10,12-13,16H,2-4,6-8H2. The molecule has 0 saturated carbocycles. The third-order valence-corrected chi connectivity index (χ3v) is 4.73. The number of allylic oxidation sites excluding steroid dienone is 3. The van der Waals surface area contributed by atoms with E-state index in [0.29, 0.717) is 5.92 Å². The zero-order valence-electron chi connectivity index (χ0n) is 9.33. The second-order valence-corrected chi connectivity index (χ2v) is 5.86. The van der Waals surface area contributed by atoms with E-state index in [0.717, 1.165) is 32.1 Å². The minimum atomic E-state index is 0.0879. The Balaban J connectivity index is 1.97. The molecule has 0 amide bonds. The molecule has 0 bridgehead atoms. The summed E-state index contributed by atoms with van der Waals surface area (Å²) in [5.41, 5.74) is 2.66. The molecular formula is C13H18Cl2O. The van der Waals surface area contributed by atoms with Gasteiger partial charge in [-0.25, -0.2) is 0 Å². The summed E-state index contributed by atoms with van der Waals surface area (Å²) in [5, 5.41) is 9.23. The zero-order chi connectivity index (χ0) is 11.5. The largest absolute Gasteiger partial charge is 0.392 e. The third kappa shape index (κ3) is 2.82. The highest BCUT2D eigenvalue weighted by molar-refractivity contribution is 6.30. The van der Waals surface area contributed by atoms with Crippen molar-refractivity contribution in [1.29, 1.82) is 0 Å². The van der Waals surface area contributed by atoms with Gasteiger partial charge in [-0.2, -0.15) is 0 Å². The van der Waals surface area contributed by atoms with Gasteiger partial charge in [-0.1, -0.05) is 17.7 Å². The maximum Gasteiger partial charge on any atom is 0.0641 e. The van der Waals surface area contributed by atoms with Gasteiger partial charge in [-0.15, -0.1) is 23.2 Å². The topological polar surface area (TPSA) is 20.2 Å². The Bertz CT molecular complexity index is 309. The molecule has 2 rings (SSSR count). The van der Waals surface area contributed by atoms with Crippen molar-refractivity contribution in [3.05, 3.63) is 23.3 Å². The van der Waals surface area contributed by atoms with Gasteiger partial charge in [-0.3, -0.25) is 0 Å². The summed E-state index contributed by atoms with van der Waals surface area (Å²) in [7, 11) is 0. The summed E-state index contributed by atoms with van der Waals surface area (Å²) < 4.78 is 0. The fraction of sp³-hybridized carbons (Fsp3) is 0.692. The molecular weight excluding hydrogens is 243 g/mol. The minimum absolute atomic E-state index is 0.0879. The van der Waals surface area contributed by atoms with E-state index >= 15 is 0 Å². The quantitative estimate of drug-likeness (QED) is 0.594. The Morgan fingerprint density at radius 3 is 2.56 bits per heavy atom. The Morgan fingerprint density at radius 2 is 2.00 bits per heavy atom. The number of halogens is 2. The second kappa shape index (κ2) is 5.57. The molecule has 90 valence electrons. The fourth-order valence-corrected chi connectivity index (χ4v) is 3.01. The SMILES string of the molecule is OCC1=CCC(C2=CCC(Cl)C(Cl)C2)CC1. The van der Waals surface area contributed by atoms with Crippen LogP contribution in [0.2, 0.25) is 0 Å². The van der Waals surface area contributed by atoms with Gasteiger partial charge in [0, 0.05) is 0 Å². The number of aliphatic hydroxyl groups is 1. The number of hydrogen-bond donors (Lipinski definition) is 1. The Hall–Kier alpha value is 0.0200. The van der Waals surface area contributed by atoms with Crippen LogP contribution in [0.5, 0.6) is 0 Å². The van der Waals surface area contributed by atoms with Gasteiger partial charge in [0.15, 0.2) is 0 Å². The molecule has 0 radical (unpaired) electrons. The first-order chi connectivity index (χ1) is 7.70. The van der Waals surface area contributed by atoms with Crippen LogP contribution in [-0.2, 0) is 0 Å². The fourth-order valence-electron chi connectivity index (χ4n) is 2.55. The van der Waals surface area contributed by atoms with Crippen LogP contribution in [0.15, 0.2) is 23.3 Å². The van der Waals surface area contributed by atoms with Crippen LogP contribution >= 0.6 is 23.2 Å². The first-order valence-corrected chi connectivity index (χ1v) is 6.84. The number of alkyl halides is 2. The molecule has 3 unspecified atom stereocenters. The van der Waals surface area contributed by atoms with E-state index in [4.69, 9.17) is 28.3 Å². The van der Waals surface area contributed by atoms with E-state index in [2.05, 4.69) is 12.2 Å².